The summed E-state index contributed by atoms with van der Waals surface area (Å²) in [5.41, 5.74) is 2.89. The standard InChI is InChI=1S/C23H37N3O3/c1-6-11-26-18(4)15-21(19(26)5)22(27)16-25-12-8-20(9-13-25)23(28)24-10-7-14-29-17(2)3/h6,15,17,20H,1,7-14,16H2,2-5H3,(H,24,28). The van der Waals surface area contributed by atoms with Gasteiger partial charge in [-0.2, -0.15) is 0 Å². The van der Waals surface area contributed by atoms with Crippen molar-refractivity contribution in [3.05, 3.63) is 35.7 Å². The minimum absolute atomic E-state index is 0.0463. The molecule has 1 saturated heterocycles. The van der Waals surface area contributed by atoms with E-state index in [0.29, 0.717) is 19.7 Å². The third-order valence-corrected chi connectivity index (χ3v) is 5.58. The first kappa shape index (κ1) is 23.4. The monoisotopic (exact) mass is 403 g/mol. The number of hydrogen-bond acceptors (Lipinski definition) is 4. The molecule has 1 amide bonds. The normalized spacial score (nSPS) is 15.6. The molecule has 0 bridgehead atoms. The first-order valence-electron chi connectivity index (χ1n) is 10.8. The molecule has 0 radical (unpaired) electrons. The van der Waals surface area contributed by atoms with Gasteiger partial charge in [-0.25, -0.2) is 0 Å². The van der Waals surface area contributed by atoms with Gasteiger partial charge < -0.3 is 14.6 Å². The number of aryl methyl sites for hydroxylation is 1. The second-order valence-corrected chi connectivity index (χ2v) is 8.22. The Hall–Kier alpha value is -1.92. The molecule has 0 aliphatic carbocycles. The van der Waals surface area contributed by atoms with E-state index in [4.69, 9.17) is 4.74 Å². The number of nitrogens with zero attached hydrogens (tertiary/aromatic N) is 2. The van der Waals surface area contributed by atoms with Crippen molar-refractivity contribution >= 4 is 11.7 Å². The van der Waals surface area contributed by atoms with Crippen LogP contribution in [0.25, 0.3) is 0 Å². The average molecular weight is 404 g/mol. The van der Waals surface area contributed by atoms with Gasteiger partial charge in [-0.15, -0.1) is 6.58 Å². The van der Waals surface area contributed by atoms with Crippen LogP contribution in [0.1, 0.15) is 54.9 Å². The van der Waals surface area contributed by atoms with Gasteiger partial charge in [0.15, 0.2) is 5.78 Å². The molecule has 162 valence electrons. The van der Waals surface area contributed by atoms with Gasteiger partial charge in [0.05, 0.1) is 12.6 Å². The molecule has 29 heavy (non-hydrogen) atoms. The zero-order valence-electron chi connectivity index (χ0n) is 18.5. The second-order valence-electron chi connectivity index (χ2n) is 8.22. The summed E-state index contributed by atoms with van der Waals surface area (Å²) in [5.74, 6) is 0.333. The molecule has 0 atom stereocenters. The zero-order valence-corrected chi connectivity index (χ0v) is 18.5. The zero-order chi connectivity index (χ0) is 21.4. The summed E-state index contributed by atoms with van der Waals surface area (Å²) in [4.78, 5) is 27.3. The summed E-state index contributed by atoms with van der Waals surface area (Å²) in [7, 11) is 0. The van der Waals surface area contributed by atoms with Crippen LogP contribution in [0.2, 0.25) is 0 Å². The molecular formula is C23H37N3O3. The number of carbonyl (C=O) groups is 2. The van der Waals surface area contributed by atoms with Crippen LogP contribution in [0, 0.1) is 19.8 Å². The Balaban J connectivity index is 1.75. The number of aromatic nitrogens is 1. The van der Waals surface area contributed by atoms with Crippen molar-refractivity contribution in [1.29, 1.82) is 0 Å². The van der Waals surface area contributed by atoms with Crippen LogP contribution in [0.3, 0.4) is 0 Å². The number of ether oxygens (including phenoxy) is 1. The van der Waals surface area contributed by atoms with Gasteiger partial charge in [0.1, 0.15) is 0 Å². The summed E-state index contributed by atoms with van der Waals surface area (Å²) in [5, 5.41) is 3.02. The minimum atomic E-state index is 0.0463. The fraction of sp³-hybridized carbons (Fsp3) is 0.652. The molecule has 6 nitrogen and oxygen atoms in total. The molecule has 1 aromatic rings. The summed E-state index contributed by atoms with van der Waals surface area (Å²) in [6.07, 6.45) is 4.52. The highest BCUT2D eigenvalue weighted by molar-refractivity contribution is 5.99. The lowest BCUT2D eigenvalue weighted by molar-refractivity contribution is -0.126. The van der Waals surface area contributed by atoms with E-state index in [1.807, 2.05) is 39.8 Å². The molecule has 0 saturated carbocycles. The molecule has 0 unspecified atom stereocenters. The Morgan fingerprint density at radius 3 is 2.62 bits per heavy atom. The van der Waals surface area contributed by atoms with Crippen LogP contribution in [0.5, 0.6) is 0 Å². The molecule has 6 heteroatoms. The lowest BCUT2D eigenvalue weighted by Crippen LogP contribution is -2.42. The SMILES string of the molecule is C=CCn1c(C)cc(C(=O)CN2CCC(C(=O)NCCCOC(C)C)CC2)c1C. The first-order valence-corrected chi connectivity index (χ1v) is 10.8. The highest BCUT2D eigenvalue weighted by atomic mass is 16.5. The third kappa shape index (κ3) is 6.82. The highest BCUT2D eigenvalue weighted by Gasteiger charge is 2.26. The number of amides is 1. The quantitative estimate of drug-likeness (QED) is 0.350. The summed E-state index contributed by atoms with van der Waals surface area (Å²) in [6, 6.07) is 1.98. The first-order chi connectivity index (χ1) is 13.8. The van der Waals surface area contributed by atoms with Gasteiger partial charge in [0, 0.05) is 42.6 Å². The molecule has 1 aliphatic rings. The third-order valence-electron chi connectivity index (χ3n) is 5.58. The Morgan fingerprint density at radius 2 is 2.00 bits per heavy atom. The van der Waals surface area contributed by atoms with Gasteiger partial charge in [-0.3, -0.25) is 14.5 Å². The molecule has 2 rings (SSSR count). The van der Waals surface area contributed by atoms with E-state index in [1.54, 1.807) is 0 Å². The van der Waals surface area contributed by atoms with Gasteiger partial charge in [-0.05, 0) is 66.1 Å². The van der Waals surface area contributed by atoms with Crippen molar-refractivity contribution in [2.75, 3.05) is 32.8 Å². The molecule has 1 aromatic heterocycles. The van der Waals surface area contributed by atoms with Crippen molar-refractivity contribution < 1.29 is 14.3 Å². The molecule has 1 fully saturated rings. The molecule has 2 heterocycles. The van der Waals surface area contributed by atoms with Gasteiger partial charge >= 0.3 is 0 Å². The van der Waals surface area contributed by atoms with Crippen LogP contribution in [0.15, 0.2) is 18.7 Å². The predicted octanol–water partition coefficient (Wildman–Crippen LogP) is 3.12. The lowest BCUT2D eigenvalue weighted by Gasteiger charge is -2.30. The van der Waals surface area contributed by atoms with Crippen molar-refractivity contribution in [2.24, 2.45) is 5.92 Å². The number of likely N-dealkylation sites (tertiary alicyclic amines) is 1. The summed E-state index contributed by atoms with van der Waals surface area (Å²) >= 11 is 0. The molecular weight excluding hydrogens is 366 g/mol. The number of Topliss-reactive ketones (excluding diaryl/α,β-unsaturated/α-hetero) is 1. The number of nitrogens with one attached hydrogen (secondary N) is 1. The fourth-order valence-electron chi connectivity index (χ4n) is 3.88. The topological polar surface area (TPSA) is 63.6 Å². The summed E-state index contributed by atoms with van der Waals surface area (Å²) < 4.78 is 7.61. The predicted molar refractivity (Wildman–Crippen MR) is 116 cm³/mol. The molecule has 1 N–H and O–H groups in total. The largest absolute Gasteiger partial charge is 0.379 e. The Kier molecular flexibility index (Phi) is 9.11. The van der Waals surface area contributed by atoms with E-state index in [-0.39, 0.29) is 23.7 Å². The van der Waals surface area contributed by atoms with Crippen LogP contribution < -0.4 is 5.32 Å². The Bertz CT molecular complexity index is 700. The van der Waals surface area contributed by atoms with E-state index in [0.717, 1.165) is 55.8 Å². The van der Waals surface area contributed by atoms with Crippen molar-refractivity contribution in [2.45, 2.75) is 59.6 Å². The van der Waals surface area contributed by atoms with Gasteiger partial charge in [-0.1, -0.05) is 6.08 Å². The number of allylic oxidation sites excluding steroid dienone is 1. The second kappa shape index (κ2) is 11.3. The smallest absolute Gasteiger partial charge is 0.223 e. The van der Waals surface area contributed by atoms with E-state index >= 15 is 0 Å². The van der Waals surface area contributed by atoms with E-state index < -0.39 is 0 Å². The van der Waals surface area contributed by atoms with Crippen LogP contribution in [0.4, 0.5) is 0 Å². The van der Waals surface area contributed by atoms with Gasteiger partial charge in [0.2, 0.25) is 5.91 Å². The Labute approximate surface area is 175 Å². The average Bonchev–Trinajstić information content (AvgIpc) is 2.96. The van der Waals surface area contributed by atoms with Gasteiger partial charge in [0.25, 0.3) is 0 Å². The maximum atomic E-state index is 12.8. The molecule has 0 spiro atoms. The maximum Gasteiger partial charge on any atom is 0.223 e. The lowest BCUT2D eigenvalue weighted by atomic mass is 9.95. The molecule has 0 aromatic carbocycles. The van der Waals surface area contributed by atoms with Crippen molar-refractivity contribution in [1.82, 2.24) is 14.8 Å². The van der Waals surface area contributed by atoms with E-state index in [1.165, 1.54) is 0 Å². The molecule has 1 aliphatic heterocycles. The number of rotatable bonds is 11. The number of piperidine rings is 1. The van der Waals surface area contributed by atoms with Crippen LogP contribution in [-0.4, -0.2) is 60.0 Å². The number of hydrogen-bond donors (Lipinski definition) is 1. The number of carbonyl (C=O) groups excluding carboxylic acids is 2. The van der Waals surface area contributed by atoms with Crippen LogP contribution in [-0.2, 0) is 16.1 Å². The Morgan fingerprint density at radius 1 is 1.31 bits per heavy atom. The summed E-state index contributed by atoms with van der Waals surface area (Å²) in [6.45, 7) is 15.9. The fourth-order valence-corrected chi connectivity index (χ4v) is 3.88. The van der Waals surface area contributed by atoms with Crippen LogP contribution >= 0.6 is 0 Å². The van der Waals surface area contributed by atoms with Crippen molar-refractivity contribution in [3.8, 4) is 0 Å². The minimum Gasteiger partial charge on any atom is -0.379 e. The van der Waals surface area contributed by atoms with E-state index in [2.05, 4.69) is 21.4 Å². The van der Waals surface area contributed by atoms with E-state index in [9.17, 15) is 9.59 Å². The number of ketones is 1. The van der Waals surface area contributed by atoms with Crippen molar-refractivity contribution in [3.63, 3.8) is 0 Å². The maximum absolute atomic E-state index is 12.8. The highest BCUT2D eigenvalue weighted by Crippen LogP contribution is 2.20.